The van der Waals surface area contributed by atoms with Gasteiger partial charge in [0.05, 0.1) is 12.2 Å². The number of aryl methyl sites for hydroxylation is 2. The molecule has 15 heavy (non-hydrogen) atoms. The van der Waals surface area contributed by atoms with E-state index in [0.717, 1.165) is 23.3 Å². The lowest BCUT2D eigenvalue weighted by Crippen LogP contribution is -2.03. The summed E-state index contributed by atoms with van der Waals surface area (Å²) in [5.74, 6) is -0.0687. The molecule has 0 atom stereocenters. The van der Waals surface area contributed by atoms with Crippen LogP contribution in [0.2, 0.25) is 0 Å². The Balaban J connectivity index is 3.24. The highest BCUT2D eigenvalue weighted by atomic mass is 16.5. The van der Waals surface area contributed by atoms with E-state index in [-0.39, 0.29) is 0 Å². The van der Waals surface area contributed by atoms with Gasteiger partial charge in [-0.15, -0.1) is 0 Å². The van der Waals surface area contributed by atoms with Crippen LogP contribution in [0.15, 0.2) is 12.1 Å². The summed E-state index contributed by atoms with van der Waals surface area (Å²) in [5.41, 5.74) is 2.16. The van der Waals surface area contributed by atoms with Gasteiger partial charge in [0.1, 0.15) is 5.75 Å². The van der Waals surface area contributed by atoms with Crippen LogP contribution in [0, 0.1) is 6.92 Å². The Morgan fingerprint density at radius 2 is 2.07 bits per heavy atom. The molecular formula is C12H16O3. The largest absolute Gasteiger partial charge is 0.493 e. The van der Waals surface area contributed by atoms with Crippen molar-refractivity contribution in [3.8, 4) is 5.75 Å². The van der Waals surface area contributed by atoms with Gasteiger partial charge < -0.3 is 9.84 Å². The first-order chi connectivity index (χ1) is 7.10. The van der Waals surface area contributed by atoms with Crippen molar-refractivity contribution in [1.29, 1.82) is 0 Å². The van der Waals surface area contributed by atoms with Crippen molar-refractivity contribution in [3.05, 3.63) is 28.8 Å². The van der Waals surface area contributed by atoms with E-state index in [1.165, 1.54) is 0 Å². The fourth-order valence-electron chi connectivity index (χ4n) is 1.58. The summed E-state index contributed by atoms with van der Waals surface area (Å²) < 4.78 is 5.50. The number of carboxylic acid groups (broad SMARTS) is 1. The second-order valence-corrected chi connectivity index (χ2v) is 3.37. The molecule has 0 unspecified atom stereocenters. The van der Waals surface area contributed by atoms with Crippen LogP contribution >= 0.6 is 0 Å². The van der Waals surface area contributed by atoms with E-state index in [2.05, 4.69) is 0 Å². The molecule has 1 N–H and O–H groups in total. The quantitative estimate of drug-likeness (QED) is 0.827. The minimum atomic E-state index is -0.893. The molecule has 0 saturated heterocycles. The van der Waals surface area contributed by atoms with Gasteiger partial charge in [-0.25, -0.2) is 4.79 Å². The van der Waals surface area contributed by atoms with Crippen molar-refractivity contribution >= 4 is 5.97 Å². The molecule has 0 amide bonds. The van der Waals surface area contributed by atoms with Crippen LogP contribution in [0.1, 0.15) is 35.3 Å². The average molecular weight is 208 g/mol. The van der Waals surface area contributed by atoms with Gasteiger partial charge in [0.25, 0.3) is 0 Å². The van der Waals surface area contributed by atoms with E-state index < -0.39 is 5.97 Å². The van der Waals surface area contributed by atoms with Crippen LogP contribution in [0.5, 0.6) is 5.75 Å². The summed E-state index contributed by atoms with van der Waals surface area (Å²) in [6.07, 6.45) is 0.775. The molecule has 0 aliphatic rings. The van der Waals surface area contributed by atoms with Gasteiger partial charge >= 0.3 is 5.97 Å². The van der Waals surface area contributed by atoms with Crippen LogP contribution in [-0.2, 0) is 6.42 Å². The molecule has 1 aromatic rings. The Morgan fingerprint density at radius 3 is 2.53 bits per heavy atom. The van der Waals surface area contributed by atoms with Gasteiger partial charge in [0.15, 0.2) is 0 Å². The highest BCUT2D eigenvalue weighted by molar-refractivity contribution is 5.88. The minimum Gasteiger partial charge on any atom is -0.493 e. The molecule has 0 aromatic heterocycles. The lowest BCUT2D eigenvalue weighted by Gasteiger charge is -2.12. The number of hydrogen-bond acceptors (Lipinski definition) is 2. The predicted octanol–water partition coefficient (Wildman–Crippen LogP) is 2.65. The van der Waals surface area contributed by atoms with Crippen molar-refractivity contribution in [2.24, 2.45) is 0 Å². The zero-order valence-electron chi connectivity index (χ0n) is 9.33. The Morgan fingerprint density at radius 1 is 1.40 bits per heavy atom. The molecule has 0 bridgehead atoms. The van der Waals surface area contributed by atoms with Gasteiger partial charge in [-0.3, -0.25) is 0 Å². The maximum absolute atomic E-state index is 10.8. The van der Waals surface area contributed by atoms with E-state index in [1.807, 2.05) is 20.8 Å². The highest BCUT2D eigenvalue weighted by Crippen LogP contribution is 2.26. The third-order valence-corrected chi connectivity index (χ3v) is 2.27. The molecular weight excluding hydrogens is 192 g/mol. The molecule has 0 aliphatic heterocycles. The Kier molecular flexibility index (Phi) is 3.72. The SMILES string of the molecule is CCOc1c(C)cc(C(=O)O)cc1CC. The Hall–Kier alpha value is -1.51. The first kappa shape index (κ1) is 11.6. The summed E-state index contributed by atoms with van der Waals surface area (Å²) in [6, 6.07) is 3.33. The van der Waals surface area contributed by atoms with Crippen molar-refractivity contribution in [3.63, 3.8) is 0 Å². The van der Waals surface area contributed by atoms with Crippen LogP contribution in [0.3, 0.4) is 0 Å². The molecule has 0 fully saturated rings. The average Bonchev–Trinajstić information content (AvgIpc) is 2.20. The summed E-state index contributed by atoms with van der Waals surface area (Å²) in [4.78, 5) is 10.8. The lowest BCUT2D eigenvalue weighted by molar-refractivity contribution is 0.0696. The molecule has 3 nitrogen and oxygen atoms in total. The maximum Gasteiger partial charge on any atom is 0.335 e. The van der Waals surface area contributed by atoms with E-state index >= 15 is 0 Å². The van der Waals surface area contributed by atoms with E-state index in [9.17, 15) is 4.79 Å². The molecule has 0 saturated carbocycles. The lowest BCUT2D eigenvalue weighted by atomic mass is 10.0. The fraction of sp³-hybridized carbons (Fsp3) is 0.417. The van der Waals surface area contributed by atoms with Gasteiger partial charge in [-0.05, 0) is 43.5 Å². The number of carboxylic acids is 1. The summed E-state index contributed by atoms with van der Waals surface area (Å²) >= 11 is 0. The third-order valence-electron chi connectivity index (χ3n) is 2.27. The number of aromatic carboxylic acids is 1. The van der Waals surface area contributed by atoms with Gasteiger partial charge in [-0.1, -0.05) is 6.92 Å². The molecule has 0 heterocycles. The molecule has 82 valence electrons. The summed E-state index contributed by atoms with van der Waals surface area (Å²) in [6.45, 7) is 6.38. The van der Waals surface area contributed by atoms with Crippen molar-refractivity contribution in [2.45, 2.75) is 27.2 Å². The zero-order valence-corrected chi connectivity index (χ0v) is 9.33. The molecule has 0 radical (unpaired) electrons. The number of hydrogen-bond donors (Lipinski definition) is 1. The molecule has 1 rings (SSSR count). The van der Waals surface area contributed by atoms with Crippen LogP contribution in [0.4, 0.5) is 0 Å². The van der Waals surface area contributed by atoms with E-state index in [4.69, 9.17) is 9.84 Å². The first-order valence-electron chi connectivity index (χ1n) is 5.09. The number of rotatable bonds is 4. The fourth-order valence-corrected chi connectivity index (χ4v) is 1.58. The van der Waals surface area contributed by atoms with Crippen LogP contribution in [-0.4, -0.2) is 17.7 Å². The second-order valence-electron chi connectivity index (χ2n) is 3.37. The van der Waals surface area contributed by atoms with Gasteiger partial charge in [0.2, 0.25) is 0 Å². The number of benzene rings is 1. The second kappa shape index (κ2) is 4.82. The van der Waals surface area contributed by atoms with Crippen molar-refractivity contribution < 1.29 is 14.6 Å². The topological polar surface area (TPSA) is 46.5 Å². The minimum absolute atomic E-state index is 0.327. The van der Waals surface area contributed by atoms with E-state index in [0.29, 0.717) is 12.2 Å². The van der Waals surface area contributed by atoms with Crippen molar-refractivity contribution in [1.82, 2.24) is 0 Å². The van der Waals surface area contributed by atoms with E-state index in [1.54, 1.807) is 12.1 Å². The summed E-state index contributed by atoms with van der Waals surface area (Å²) in [7, 11) is 0. The Bertz CT molecular complexity index is 369. The smallest absolute Gasteiger partial charge is 0.335 e. The third kappa shape index (κ3) is 2.49. The molecule has 0 spiro atoms. The molecule has 3 heteroatoms. The monoisotopic (exact) mass is 208 g/mol. The number of carbonyl (C=O) groups is 1. The molecule has 1 aromatic carbocycles. The Labute approximate surface area is 89.7 Å². The van der Waals surface area contributed by atoms with Crippen LogP contribution < -0.4 is 4.74 Å². The highest BCUT2D eigenvalue weighted by Gasteiger charge is 2.11. The predicted molar refractivity (Wildman–Crippen MR) is 58.7 cm³/mol. The summed E-state index contributed by atoms with van der Waals surface area (Å²) in [5, 5.41) is 8.91. The zero-order chi connectivity index (χ0) is 11.4. The van der Waals surface area contributed by atoms with Gasteiger partial charge in [-0.2, -0.15) is 0 Å². The molecule has 0 aliphatic carbocycles. The maximum atomic E-state index is 10.8. The van der Waals surface area contributed by atoms with Crippen LogP contribution in [0.25, 0.3) is 0 Å². The first-order valence-corrected chi connectivity index (χ1v) is 5.09. The normalized spacial score (nSPS) is 10.1. The van der Waals surface area contributed by atoms with Crippen molar-refractivity contribution in [2.75, 3.05) is 6.61 Å². The van der Waals surface area contributed by atoms with Gasteiger partial charge in [0, 0.05) is 0 Å². The standard InChI is InChI=1S/C12H16O3/c1-4-9-7-10(12(13)14)6-8(3)11(9)15-5-2/h6-7H,4-5H2,1-3H3,(H,13,14). The number of ether oxygens (including phenoxy) is 1.